The number of halogens is 1. The number of benzene rings is 1. The number of carbonyl (C=O) groups is 1. The fourth-order valence-electron chi connectivity index (χ4n) is 3.97. The number of hydrogen-bond acceptors (Lipinski definition) is 3. The fraction of sp³-hybridized carbons (Fsp3) is 0.391. The summed E-state index contributed by atoms with van der Waals surface area (Å²) in [5, 5.41) is 0.626. The molecule has 1 aromatic carbocycles. The quantitative estimate of drug-likeness (QED) is 0.616. The van der Waals surface area contributed by atoms with Gasteiger partial charge in [-0.1, -0.05) is 41.9 Å². The number of aromatic nitrogens is 2. The van der Waals surface area contributed by atoms with Crippen LogP contribution in [0.5, 0.6) is 0 Å². The maximum Gasteiger partial charge on any atom is 0.274 e. The molecule has 1 aliphatic heterocycles. The highest BCUT2D eigenvalue weighted by atomic mass is 35.5. The van der Waals surface area contributed by atoms with Crippen LogP contribution in [0.15, 0.2) is 54.9 Å². The summed E-state index contributed by atoms with van der Waals surface area (Å²) in [6.07, 6.45) is 6.68. The molecule has 29 heavy (non-hydrogen) atoms. The van der Waals surface area contributed by atoms with Crippen LogP contribution in [0, 0.1) is 5.92 Å². The fourth-order valence-corrected chi connectivity index (χ4v) is 4.14. The Kier molecular flexibility index (Phi) is 6.16. The van der Waals surface area contributed by atoms with E-state index < -0.39 is 0 Å². The Hall–Kier alpha value is -2.37. The minimum Gasteiger partial charge on any atom is -0.337 e. The first-order valence-electron chi connectivity index (χ1n) is 10.2. The maximum atomic E-state index is 13.4. The summed E-state index contributed by atoms with van der Waals surface area (Å²) < 4.78 is 1.82. The largest absolute Gasteiger partial charge is 0.337 e. The molecule has 3 aromatic rings. The Morgan fingerprint density at radius 1 is 1.14 bits per heavy atom. The van der Waals surface area contributed by atoms with Gasteiger partial charge in [-0.05, 0) is 63.0 Å². The molecule has 2 aromatic heterocycles. The van der Waals surface area contributed by atoms with Gasteiger partial charge in [0.2, 0.25) is 0 Å². The van der Waals surface area contributed by atoms with Gasteiger partial charge in [-0.3, -0.25) is 4.79 Å². The maximum absolute atomic E-state index is 13.4. The molecule has 0 unspecified atom stereocenters. The van der Waals surface area contributed by atoms with E-state index in [0.29, 0.717) is 23.2 Å². The van der Waals surface area contributed by atoms with Crippen molar-refractivity contribution in [2.24, 2.45) is 5.92 Å². The number of fused-ring (bicyclic) bond motifs is 1. The van der Waals surface area contributed by atoms with Crippen molar-refractivity contribution in [2.45, 2.75) is 19.3 Å². The Bertz CT molecular complexity index is 963. The summed E-state index contributed by atoms with van der Waals surface area (Å²) in [4.78, 5) is 22.3. The lowest BCUT2D eigenvalue weighted by Gasteiger charge is -2.33. The Morgan fingerprint density at radius 2 is 1.90 bits per heavy atom. The van der Waals surface area contributed by atoms with Gasteiger partial charge in [0.1, 0.15) is 11.3 Å². The number of piperidine rings is 1. The number of hydrogen-bond donors (Lipinski definition) is 0. The molecule has 0 N–H and O–H groups in total. The van der Waals surface area contributed by atoms with Gasteiger partial charge in [0.25, 0.3) is 5.91 Å². The average Bonchev–Trinajstić information content (AvgIpc) is 3.16. The molecule has 0 radical (unpaired) electrons. The van der Waals surface area contributed by atoms with Gasteiger partial charge in [-0.2, -0.15) is 0 Å². The van der Waals surface area contributed by atoms with E-state index in [-0.39, 0.29) is 5.91 Å². The molecule has 152 valence electrons. The van der Waals surface area contributed by atoms with Crippen LogP contribution in [-0.2, 0) is 6.42 Å². The third kappa shape index (κ3) is 4.98. The average molecular weight is 411 g/mol. The van der Waals surface area contributed by atoms with Gasteiger partial charge in [0.05, 0.1) is 5.02 Å². The molecule has 0 atom stereocenters. The molecule has 0 aliphatic carbocycles. The van der Waals surface area contributed by atoms with Crippen molar-refractivity contribution in [1.29, 1.82) is 0 Å². The molecule has 1 amide bonds. The third-order valence-corrected chi connectivity index (χ3v) is 5.97. The van der Waals surface area contributed by atoms with E-state index in [1.807, 2.05) is 33.6 Å². The number of rotatable bonds is 6. The molecule has 1 fully saturated rings. The molecule has 5 nitrogen and oxygen atoms in total. The summed E-state index contributed by atoms with van der Waals surface area (Å²) in [5.41, 5.74) is 2.46. The number of carbonyl (C=O) groups excluding carboxylic acids is 1. The van der Waals surface area contributed by atoms with Gasteiger partial charge in [-0.15, -0.1) is 0 Å². The molecule has 6 heteroatoms. The summed E-state index contributed by atoms with van der Waals surface area (Å²) in [5.74, 6) is 0.539. The molecular weight excluding hydrogens is 384 g/mol. The number of pyridine rings is 1. The van der Waals surface area contributed by atoms with Crippen LogP contribution in [0.1, 0.15) is 28.9 Å². The highest BCUT2D eigenvalue weighted by Gasteiger charge is 2.24. The molecular formula is C23H27ClN4O. The van der Waals surface area contributed by atoms with E-state index in [4.69, 9.17) is 11.6 Å². The minimum atomic E-state index is -0.000295. The summed E-state index contributed by atoms with van der Waals surface area (Å²) in [6.45, 7) is 3.68. The predicted octanol–water partition coefficient (Wildman–Crippen LogP) is 4.01. The Labute approximate surface area is 176 Å². The second-order valence-electron chi connectivity index (χ2n) is 7.97. The lowest BCUT2D eigenvalue weighted by Crippen LogP contribution is -2.41. The Balaban J connectivity index is 1.52. The molecule has 1 saturated heterocycles. The molecule has 0 saturated carbocycles. The number of nitrogens with zero attached hydrogens (tertiary/aromatic N) is 4. The van der Waals surface area contributed by atoms with Crippen molar-refractivity contribution in [3.05, 3.63) is 71.1 Å². The zero-order valence-electron chi connectivity index (χ0n) is 16.8. The lowest BCUT2D eigenvalue weighted by atomic mass is 9.96. The van der Waals surface area contributed by atoms with E-state index in [2.05, 4.69) is 29.1 Å². The smallest absolute Gasteiger partial charge is 0.274 e. The van der Waals surface area contributed by atoms with Gasteiger partial charge < -0.3 is 14.2 Å². The van der Waals surface area contributed by atoms with Crippen LogP contribution in [0.4, 0.5) is 0 Å². The summed E-state index contributed by atoms with van der Waals surface area (Å²) in [6, 6.07) is 14.0. The second-order valence-corrected chi connectivity index (χ2v) is 8.41. The van der Waals surface area contributed by atoms with Crippen molar-refractivity contribution in [3.8, 4) is 0 Å². The highest BCUT2D eigenvalue weighted by molar-refractivity contribution is 6.30. The SMILES string of the molecule is CN1CCC(CN(CCc2ccccc2)C(=O)c2cn3cc(Cl)ccc3n2)CC1. The predicted molar refractivity (Wildman–Crippen MR) is 116 cm³/mol. The first-order valence-corrected chi connectivity index (χ1v) is 10.6. The zero-order chi connectivity index (χ0) is 20.2. The highest BCUT2D eigenvalue weighted by Crippen LogP contribution is 2.20. The normalized spacial score (nSPS) is 15.7. The second kappa shape index (κ2) is 8.97. The first kappa shape index (κ1) is 19.9. The number of amides is 1. The minimum absolute atomic E-state index is 0.000295. The van der Waals surface area contributed by atoms with Gasteiger partial charge in [0, 0.05) is 25.5 Å². The molecule has 0 bridgehead atoms. The van der Waals surface area contributed by atoms with Crippen LogP contribution in [0.25, 0.3) is 5.65 Å². The van der Waals surface area contributed by atoms with E-state index in [1.165, 1.54) is 5.56 Å². The van der Waals surface area contributed by atoms with E-state index in [9.17, 15) is 4.79 Å². The monoisotopic (exact) mass is 410 g/mol. The zero-order valence-corrected chi connectivity index (χ0v) is 17.6. The van der Waals surface area contributed by atoms with Crippen molar-refractivity contribution < 1.29 is 4.79 Å². The topological polar surface area (TPSA) is 40.9 Å². The van der Waals surface area contributed by atoms with Crippen molar-refractivity contribution >= 4 is 23.2 Å². The lowest BCUT2D eigenvalue weighted by molar-refractivity contribution is 0.0695. The van der Waals surface area contributed by atoms with Crippen LogP contribution in [-0.4, -0.2) is 58.3 Å². The molecule has 0 spiro atoms. The van der Waals surface area contributed by atoms with Gasteiger partial charge >= 0.3 is 0 Å². The van der Waals surface area contributed by atoms with E-state index in [1.54, 1.807) is 18.5 Å². The van der Waals surface area contributed by atoms with Crippen molar-refractivity contribution in [1.82, 2.24) is 19.2 Å². The summed E-state index contributed by atoms with van der Waals surface area (Å²) >= 11 is 6.08. The first-order chi connectivity index (χ1) is 14.1. The molecule has 4 rings (SSSR count). The van der Waals surface area contributed by atoms with Crippen LogP contribution in [0.2, 0.25) is 5.02 Å². The number of likely N-dealkylation sites (tertiary alicyclic amines) is 1. The van der Waals surface area contributed by atoms with E-state index in [0.717, 1.165) is 44.5 Å². The van der Waals surface area contributed by atoms with Crippen molar-refractivity contribution in [3.63, 3.8) is 0 Å². The van der Waals surface area contributed by atoms with Gasteiger partial charge in [0.15, 0.2) is 0 Å². The molecule has 1 aliphatic rings. The van der Waals surface area contributed by atoms with Crippen molar-refractivity contribution in [2.75, 3.05) is 33.2 Å². The van der Waals surface area contributed by atoms with Crippen LogP contribution < -0.4 is 0 Å². The van der Waals surface area contributed by atoms with E-state index >= 15 is 0 Å². The molecule has 3 heterocycles. The van der Waals surface area contributed by atoms with Crippen LogP contribution >= 0.6 is 11.6 Å². The summed E-state index contributed by atoms with van der Waals surface area (Å²) in [7, 11) is 2.16. The number of imidazole rings is 1. The standard InChI is InChI=1S/C23H27ClN4O/c1-26-12-9-19(10-13-26)15-27(14-11-18-5-3-2-4-6-18)23(29)21-17-28-16-20(24)7-8-22(28)25-21/h2-8,16-17,19H,9-15H2,1H3. The third-order valence-electron chi connectivity index (χ3n) is 5.75. The Morgan fingerprint density at radius 3 is 2.66 bits per heavy atom. The van der Waals surface area contributed by atoms with Crippen LogP contribution in [0.3, 0.4) is 0 Å². The van der Waals surface area contributed by atoms with Gasteiger partial charge in [-0.25, -0.2) is 4.98 Å².